The van der Waals surface area contributed by atoms with Crippen LogP contribution < -0.4 is 0 Å². The minimum absolute atomic E-state index is 0.00361. The largest absolute Gasteiger partial charge is 0.507 e. The number of ether oxygens (including phenoxy) is 1. The van der Waals surface area contributed by atoms with Crippen molar-refractivity contribution in [2.75, 3.05) is 0 Å². The molecule has 64 valence electrons. The second-order valence-electron chi connectivity index (χ2n) is 2.79. The Morgan fingerprint density at radius 1 is 2.00 bits per heavy atom. The number of rotatable bonds is 3. The third-order valence-electron chi connectivity index (χ3n) is 1.96. The van der Waals surface area contributed by atoms with Crippen LogP contribution >= 0.6 is 0 Å². The van der Waals surface area contributed by atoms with E-state index in [0.29, 0.717) is 12.8 Å². The molecule has 1 fully saturated rings. The van der Waals surface area contributed by atoms with Gasteiger partial charge in [0.2, 0.25) is 5.60 Å². The van der Waals surface area contributed by atoms with Gasteiger partial charge in [-0.15, -0.1) is 6.58 Å². The maximum atomic E-state index is 10.2. The van der Waals surface area contributed by atoms with Crippen LogP contribution in [-0.4, -0.2) is 16.9 Å². The molecule has 0 heterocycles. The van der Waals surface area contributed by atoms with Crippen LogP contribution in [0.2, 0.25) is 0 Å². The van der Waals surface area contributed by atoms with Crippen molar-refractivity contribution in [2.45, 2.75) is 18.4 Å². The van der Waals surface area contributed by atoms with Gasteiger partial charge < -0.3 is 9.84 Å². The lowest BCUT2D eigenvalue weighted by atomic mass is 10.2. The molecule has 1 aliphatic rings. The van der Waals surface area contributed by atoms with E-state index in [1.807, 2.05) is 6.07 Å². The standard InChI is InChI=1S/C8H9NO3/c1-2-3-6-4-8(6,5-9)12-7(10)11/h2,6H,1,3-4H2,(H,10,11). The number of carbonyl (C=O) groups is 1. The Labute approximate surface area is 70.1 Å². The summed E-state index contributed by atoms with van der Waals surface area (Å²) in [4.78, 5) is 10.2. The summed E-state index contributed by atoms with van der Waals surface area (Å²) >= 11 is 0. The zero-order chi connectivity index (χ0) is 9.19. The van der Waals surface area contributed by atoms with Crippen molar-refractivity contribution in [3.63, 3.8) is 0 Å². The predicted octanol–water partition coefficient (Wildman–Crippen LogP) is 1.54. The lowest BCUT2D eigenvalue weighted by molar-refractivity contribution is 0.0558. The van der Waals surface area contributed by atoms with E-state index >= 15 is 0 Å². The van der Waals surface area contributed by atoms with Crippen LogP contribution in [0.3, 0.4) is 0 Å². The molecule has 1 aliphatic carbocycles. The molecule has 12 heavy (non-hydrogen) atoms. The van der Waals surface area contributed by atoms with Gasteiger partial charge in [0, 0.05) is 12.3 Å². The summed E-state index contributed by atoms with van der Waals surface area (Å²) in [6, 6.07) is 1.87. The van der Waals surface area contributed by atoms with Crippen LogP contribution in [-0.2, 0) is 4.74 Å². The van der Waals surface area contributed by atoms with Crippen molar-refractivity contribution in [3.8, 4) is 6.07 Å². The molecule has 0 saturated heterocycles. The molecule has 4 heteroatoms. The topological polar surface area (TPSA) is 70.3 Å². The number of nitriles is 1. The molecule has 4 nitrogen and oxygen atoms in total. The Bertz CT molecular complexity index is 256. The normalized spacial score (nSPS) is 31.8. The van der Waals surface area contributed by atoms with Crippen molar-refractivity contribution in [2.24, 2.45) is 5.92 Å². The Kier molecular flexibility index (Phi) is 2.05. The number of carboxylic acid groups (broad SMARTS) is 1. The van der Waals surface area contributed by atoms with Gasteiger partial charge in [-0.3, -0.25) is 0 Å². The first-order valence-electron chi connectivity index (χ1n) is 3.58. The van der Waals surface area contributed by atoms with Crippen molar-refractivity contribution in [1.29, 1.82) is 5.26 Å². The van der Waals surface area contributed by atoms with E-state index in [1.54, 1.807) is 6.08 Å². The fourth-order valence-electron chi connectivity index (χ4n) is 1.22. The summed E-state index contributed by atoms with van der Waals surface area (Å²) in [6.07, 6.45) is 1.39. The van der Waals surface area contributed by atoms with Gasteiger partial charge in [0.1, 0.15) is 6.07 Å². The maximum Gasteiger partial charge on any atom is 0.507 e. The van der Waals surface area contributed by atoms with Gasteiger partial charge in [0.05, 0.1) is 0 Å². The van der Waals surface area contributed by atoms with Gasteiger partial charge >= 0.3 is 6.16 Å². The molecule has 0 aromatic heterocycles. The summed E-state index contributed by atoms with van der Waals surface area (Å²) in [7, 11) is 0. The molecule has 0 spiro atoms. The number of hydrogen-bond acceptors (Lipinski definition) is 3. The summed E-state index contributed by atoms with van der Waals surface area (Å²) in [5.41, 5.74) is -1.08. The first-order valence-corrected chi connectivity index (χ1v) is 3.58. The highest BCUT2D eigenvalue weighted by Gasteiger charge is 2.58. The molecule has 0 aromatic carbocycles. The third kappa shape index (κ3) is 1.40. The van der Waals surface area contributed by atoms with Crippen LogP contribution in [0.4, 0.5) is 4.79 Å². The number of hydrogen-bond donors (Lipinski definition) is 1. The summed E-state index contributed by atoms with van der Waals surface area (Å²) in [5.74, 6) is -0.00361. The lowest BCUT2D eigenvalue weighted by Gasteiger charge is -2.05. The quantitative estimate of drug-likeness (QED) is 0.511. The van der Waals surface area contributed by atoms with Crippen LogP contribution in [0, 0.1) is 17.2 Å². The summed E-state index contributed by atoms with van der Waals surface area (Å²) in [5, 5.41) is 16.9. The van der Waals surface area contributed by atoms with Gasteiger partial charge in [-0.25, -0.2) is 4.79 Å². The molecule has 0 radical (unpaired) electrons. The predicted molar refractivity (Wildman–Crippen MR) is 40.4 cm³/mol. The second kappa shape index (κ2) is 2.86. The van der Waals surface area contributed by atoms with Crippen LogP contribution in [0.1, 0.15) is 12.8 Å². The maximum absolute atomic E-state index is 10.2. The Hall–Kier alpha value is -1.50. The van der Waals surface area contributed by atoms with Gasteiger partial charge in [0.15, 0.2) is 0 Å². The molecule has 0 bridgehead atoms. The minimum atomic E-state index is -1.39. The highest BCUT2D eigenvalue weighted by atomic mass is 16.7. The van der Waals surface area contributed by atoms with Gasteiger partial charge in [-0.1, -0.05) is 6.08 Å². The average Bonchev–Trinajstić information content (AvgIpc) is 2.64. The van der Waals surface area contributed by atoms with Gasteiger partial charge in [-0.05, 0) is 6.42 Å². The zero-order valence-corrected chi connectivity index (χ0v) is 6.49. The van der Waals surface area contributed by atoms with Gasteiger partial charge in [-0.2, -0.15) is 5.26 Å². The van der Waals surface area contributed by atoms with Crippen molar-refractivity contribution >= 4 is 6.16 Å². The molecule has 1 N–H and O–H groups in total. The van der Waals surface area contributed by atoms with E-state index in [4.69, 9.17) is 10.4 Å². The molecular formula is C8H9NO3. The summed E-state index contributed by atoms with van der Waals surface area (Å²) in [6.45, 7) is 3.51. The summed E-state index contributed by atoms with van der Waals surface area (Å²) < 4.78 is 4.47. The van der Waals surface area contributed by atoms with Crippen LogP contribution in [0.5, 0.6) is 0 Å². The van der Waals surface area contributed by atoms with E-state index in [-0.39, 0.29) is 5.92 Å². The van der Waals surface area contributed by atoms with Crippen LogP contribution in [0.15, 0.2) is 12.7 Å². The first-order chi connectivity index (χ1) is 5.64. The third-order valence-corrected chi connectivity index (χ3v) is 1.96. The van der Waals surface area contributed by atoms with E-state index in [2.05, 4.69) is 11.3 Å². The molecule has 0 aromatic rings. The molecule has 1 rings (SSSR count). The fourth-order valence-corrected chi connectivity index (χ4v) is 1.22. The molecule has 2 unspecified atom stereocenters. The molecule has 2 atom stereocenters. The highest BCUT2D eigenvalue weighted by molar-refractivity contribution is 5.59. The van der Waals surface area contributed by atoms with Crippen molar-refractivity contribution in [1.82, 2.24) is 0 Å². The zero-order valence-electron chi connectivity index (χ0n) is 6.49. The van der Waals surface area contributed by atoms with E-state index in [0.717, 1.165) is 0 Å². The van der Waals surface area contributed by atoms with E-state index in [9.17, 15) is 4.79 Å². The first kappa shape index (κ1) is 8.60. The molecule has 0 amide bonds. The van der Waals surface area contributed by atoms with Crippen LogP contribution in [0.25, 0.3) is 0 Å². The minimum Gasteiger partial charge on any atom is -0.450 e. The molecule has 0 aliphatic heterocycles. The molecular weight excluding hydrogens is 158 g/mol. The lowest BCUT2D eigenvalue weighted by Crippen LogP contribution is -2.18. The monoisotopic (exact) mass is 167 g/mol. The Balaban J connectivity index is 2.54. The van der Waals surface area contributed by atoms with Crippen molar-refractivity contribution in [3.05, 3.63) is 12.7 Å². The SMILES string of the molecule is C=CCC1CC1(C#N)OC(=O)O. The Morgan fingerprint density at radius 2 is 2.67 bits per heavy atom. The van der Waals surface area contributed by atoms with Gasteiger partial charge in [0.25, 0.3) is 0 Å². The fraction of sp³-hybridized carbons (Fsp3) is 0.500. The second-order valence-corrected chi connectivity index (χ2v) is 2.79. The Morgan fingerprint density at radius 3 is 3.08 bits per heavy atom. The number of allylic oxidation sites excluding steroid dienone is 1. The number of nitrogens with zero attached hydrogens (tertiary/aromatic N) is 1. The van der Waals surface area contributed by atoms with Crippen molar-refractivity contribution < 1.29 is 14.6 Å². The molecule has 1 saturated carbocycles. The van der Waals surface area contributed by atoms with E-state index < -0.39 is 11.8 Å². The van der Waals surface area contributed by atoms with E-state index in [1.165, 1.54) is 0 Å². The smallest absolute Gasteiger partial charge is 0.450 e. The highest BCUT2D eigenvalue weighted by Crippen LogP contribution is 2.48. The average molecular weight is 167 g/mol.